The van der Waals surface area contributed by atoms with Gasteiger partial charge in [-0.2, -0.15) is 0 Å². The van der Waals surface area contributed by atoms with Gasteiger partial charge in [0.2, 0.25) is 0 Å². The maximum atomic E-state index is 13.0. The highest BCUT2D eigenvalue weighted by atomic mass is 127. The van der Waals surface area contributed by atoms with E-state index in [0.29, 0.717) is 14.3 Å². The molecule has 0 aliphatic heterocycles. The number of nitrogens with one attached hydrogen (secondary N) is 1. The topological polar surface area (TPSA) is 55.1 Å². The predicted molar refractivity (Wildman–Crippen MR) is 82.9 cm³/mol. The lowest BCUT2D eigenvalue weighted by Crippen LogP contribution is -2.15. The summed E-state index contributed by atoms with van der Waals surface area (Å²) in [6.07, 6.45) is 0. The summed E-state index contributed by atoms with van der Waals surface area (Å²) in [4.78, 5) is 12.1. The molecule has 0 atom stereocenters. The van der Waals surface area contributed by atoms with Crippen LogP contribution >= 0.6 is 34.2 Å². The molecular weight excluding hydrogens is 382 g/mol. The van der Waals surface area contributed by atoms with Crippen LogP contribution in [0.1, 0.15) is 10.4 Å². The lowest BCUT2D eigenvalue weighted by molar-refractivity contribution is 0.102. The van der Waals surface area contributed by atoms with Gasteiger partial charge < -0.3 is 11.1 Å². The highest BCUT2D eigenvalue weighted by molar-refractivity contribution is 14.1. The minimum Gasteiger partial charge on any atom is -0.397 e. The Balaban J connectivity index is 2.28. The van der Waals surface area contributed by atoms with Crippen LogP contribution in [0.5, 0.6) is 0 Å². The van der Waals surface area contributed by atoms with Crippen LogP contribution < -0.4 is 11.1 Å². The molecule has 0 aliphatic carbocycles. The summed E-state index contributed by atoms with van der Waals surface area (Å²) in [5.74, 6) is -0.741. The molecule has 0 unspecified atom stereocenters. The van der Waals surface area contributed by atoms with Crippen LogP contribution in [-0.4, -0.2) is 5.91 Å². The number of carbonyl (C=O) groups excluding carboxylic acids is 1. The molecule has 1 amide bonds. The zero-order valence-corrected chi connectivity index (χ0v) is 12.5. The first-order chi connectivity index (χ1) is 8.99. The third-order valence-electron chi connectivity index (χ3n) is 2.48. The van der Waals surface area contributed by atoms with Gasteiger partial charge in [0.1, 0.15) is 5.82 Å². The van der Waals surface area contributed by atoms with E-state index >= 15 is 0 Å². The van der Waals surface area contributed by atoms with Crippen molar-refractivity contribution >= 4 is 51.5 Å². The summed E-state index contributed by atoms with van der Waals surface area (Å²) in [7, 11) is 0. The van der Waals surface area contributed by atoms with E-state index in [0.717, 1.165) is 0 Å². The number of anilines is 2. The number of benzene rings is 2. The van der Waals surface area contributed by atoms with Gasteiger partial charge in [0.05, 0.1) is 22.0 Å². The molecule has 2 aromatic carbocycles. The molecule has 6 heteroatoms. The normalized spacial score (nSPS) is 10.3. The molecule has 2 aromatic rings. The number of para-hydroxylation sites is 1. The zero-order chi connectivity index (χ0) is 14.0. The molecule has 0 aliphatic rings. The van der Waals surface area contributed by atoms with Crippen molar-refractivity contribution in [3.8, 4) is 0 Å². The van der Waals surface area contributed by atoms with Gasteiger partial charge in [0.15, 0.2) is 0 Å². The van der Waals surface area contributed by atoms with Crippen molar-refractivity contribution < 1.29 is 9.18 Å². The highest BCUT2D eigenvalue weighted by Crippen LogP contribution is 2.25. The molecular formula is C13H9ClFIN2O. The molecule has 3 nitrogen and oxygen atoms in total. The van der Waals surface area contributed by atoms with Crippen LogP contribution in [0.15, 0.2) is 36.4 Å². The maximum Gasteiger partial charge on any atom is 0.257 e. The van der Waals surface area contributed by atoms with Crippen molar-refractivity contribution in [3.05, 3.63) is 56.4 Å². The van der Waals surface area contributed by atoms with Gasteiger partial charge >= 0.3 is 0 Å². The Bertz CT molecular complexity index is 649. The van der Waals surface area contributed by atoms with E-state index in [9.17, 15) is 9.18 Å². The molecule has 0 saturated carbocycles. The number of amides is 1. The second-order valence-corrected chi connectivity index (χ2v) is 5.35. The number of nitrogen functional groups attached to an aromatic ring is 1. The van der Waals surface area contributed by atoms with Crippen LogP contribution in [0.4, 0.5) is 15.8 Å². The Morgan fingerprint density at radius 3 is 2.74 bits per heavy atom. The van der Waals surface area contributed by atoms with Crippen molar-refractivity contribution in [1.82, 2.24) is 0 Å². The standard InChI is InChI=1S/C13H9ClFIN2O/c14-9-3-1-2-8(12(9)17)13(19)18-11-5-4-7(15)6-10(11)16/h1-6H,17H2,(H,18,19). The fourth-order valence-electron chi connectivity index (χ4n) is 1.52. The zero-order valence-electron chi connectivity index (χ0n) is 9.58. The average Bonchev–Trinajstić information content (AvgIpc) is 2.36. The number of rotatable bonds is 2. The third kappa shape index (κ3) is 3.16. The van der Waals surface area contributed by atoms with Crippen molar-refractivity contribution in [2.24, 2.45) is 0 Å². The summed E-state index contributed by atoms with van der Waals surface area (Å²) in [5.41, 5.74) is 6.77. The van der Waals surface area contributed by atoms with Crippen molar-refractivity contribution in [2.45, 2.75) is 0 Å². The number of nitrogens with two attached hydrogens (primary N) is 1. The van der Waals surface area contributed by atoms with Gasteiger partial charge in [-0.25, -0.2) is 4.39 Å². The Morgan fingerprint density at radius 1 is 1.32 bits per heavy atom. The van der Waals surface area contributed by atoms with Gasteiger partial charge in [-0.3, -0.25) is 4.79 Å². The number of hydrogen-bond acceptors (Lipinski definition) is 2. The highest BCUT2D eigenvalue weighted by Gasteiger charge is 2.13. The van der Waals surface area contributed by atoms with Crippen molar-refractivity contribution in [3.63, 3.8) is 0 Å². The molecule has 0 spiro atoms. The first kappa shape index (κ1) is 14.1. The number of hydrogen-bond donors (Lipinski definition) is 2. The van der Waals surface area contributed by atoms with E-state index in [4.69, 9.17) is 17.3 Å². The SMILES string of the molecule is Nc1c(Cl)cccc1C(=O)Nc1ccc(F)cc1I. The first-order valence-electron chi connectivity index (χ1n) is 5.29. The van der Waals surface area contributed by atoms with Crippen molar-refractivity contribution in [2.75, 3.05) is 11.1 Å². The Hall–Kier alpha value is -1.34. The van der Waals surface area contributed by atoms with Gasteiger partial charge in [0.25, 0.3) is 5.91 Å². The van der Waals surface area contributed by atoms with E-state index in [-0.39, 0.29) is 23.0 Å². The predicted octanol–water partition coefficient (Wildman–Crippen LogP) is 3.92. The lowest BCUT2D eigenvalue weighted by Gasteiger charge is -2.10. The van der Waals surface area contributed by atoms with Gasteiger partial charge in [0, 0.05) is 3.57 Å². The molecule has 0 fully saturated rings. The molecule has 0 bridgehead atoms. The molecule has 0 aromatic heterocycles. The summed E-state index contributed by atoms with van der Waals surface area (Å²) < 4.78 is 13.6. The van der Waals surface area contributed by atoms with E-state index in [1.807, 2.05) is 22.6 Å². The molecule has 3 N–H and O–H groups in total. The fourth-order valence-corrected chi connectivity index (χ4v) is 2.30. The van der Waals surface area contributed by atoms with Crippen molar-refractivity contribution in [1.29, 1.82) is 0 Å². The van der Waals surface area contributed by atoms with Crippen LogP contribution in [-0.2, 0) is 0 Å². The second-order valence-electron chi connectivity index (χ2n) is 3.78. The van der Waals surface area contributed by atoms with Gasteiger partial charge in [-0.1, -0.05) is 17.7 Å². The van der Waals surface area contributed by atoms with Gasteiger partial charge in [-0.15, -0.1) is 0 Å². The molecule has 98 valence electrons. The quantitative estimate of drug-likeness (QED) is 0.603. The Morgan fingerprint density at radius 2 is 2.05 bits per heavy atom. The molecule has 19 heavy (non-hydrogen) atoms. The maximum absolute atomic E-state index is 13.0. The van der Waals surface area contributed by atoms with E-state index in [1.165, 1.54) is 18.2 Å². The van der Waals surface area contributed by atoms with E-state index < -0.39 is 0 Å². The van der Waals surface area contributed by atoms with Gasteiger partial charge in [-0.05, 0) is 52.9 Å². The second kappa shape index (κ2) is 5.75. The Kier molecular flexibility index (Phi) is 4.26. The van der Waals surface area contributed by atoms with Crippen LogP contribution in [0.25, 0.3) is 0 Å². The van der Waals surface area contributed by atoms with Crippen LogP contribution in [0.3, 0.4) is 0 Å². The van der Waals surface area contributed by atoms with E-state index in [2.05, 4.69) is 5.32 Å². The number of halogens is 3. The monoisotopic (exact) mass is 390 g/mol. The molecule has 0 heterocycles. The molecule has 0 saturated heterocycles. The smallest absolute Gasteiger partial charge is 0.257 e. The minimum absolute atomic E-state index is 0.221. The average molecular weight is 391 g/mol. The first-order valence-corrected chi connectivity index (χ1v) is 6.75. The summed E-state index contributed by atoms with van der Waals surface area (Å²) >= 11 is 7.80. The minimum atomic E-state index is -0.385. The third-order valence-corrected chi connectivity index (χ3v) is 3.70. The van der Waals surface area contributed by atoms with Crippen LogP contribution in [0, 0.1) is 9.39 Å². The molecule has 2 rings (SSSR count). The molecule has 0 radical (unpaired) electrons. The largest absolute Gasteiger partial charge is 0.397 e. The summed E-state index contributed by atoms with van der Waals surface area (Å²) in [5, 5.41) is 2.99. The fraction of sp³-hybridized carbons (Fsp3) is 0. The number of carbonyl (C=O) groups is 1. The Labute approximate surface area is 128 Å². The lowest BCUT2D eigenvalue weighted by atomic mass is 10.1. The summed E-state index contributed by atoms with van der Waals surface area (Å²) in [6.45, 7) is 0. The summed E-state index contributed by atoms with van der Waals surface area (Å²) in [6, 6.07) is 8.93. The van der Waals surface area contributed by atoms with Crippen LogP contribution in [0.2, 0.25) is 5.02 Å². The van der Waals surface area contributed by atoms with E-state index in [1.54, 1.807) is 18.2 Å².